The summed E-state index contributed by atoms with van der Waals surface area (Å²) in [5.74, 6) is 0. The van der Waals surface area contributed by atoms with E-state index >= 15 is 0 Å². The van der Waals surface area contributed by atoms with E-state index in [9.17, 15) is 0 Å². The van der Waals surface area contributed by atoms with Crippen molar-refractivity contribution in [1.82, 2.24) is 0 Å². The van der Waals surface area contributed by atoms with Crippen LogP contribution in [0.1, 0.15) is 35.1 Å². The van der Waals surface area contributed by atoms with Crippen LogP contribution in [-0.2, 0) is 16.8 Å². The molecule has 0 N–H and O–H groups in total. The van der Waals surface area contributed by atoms with Gasteiger partial charge in [0.25, 0.3) is 0 Å². The monoisotopic (exact) mass is 188 g/mol. The molecule has 1 heterocycles. The number of rotatable bonds is 0. The minimum absolute atomic E-state index is 0.130. The smallest absolute Gasteiger partial charge is 0.0961 e. The van der Waals surface area contributed by atoms with Gasteiger partial charge in [0.05, 0.1) is 12.2 Å². The predicted molar refractivity (Wildman–Crippen MR) is 56.5 cm³/mol. The molecule has 0 aromatic heterocycles. The van der Waals surface area contributed by atoms with Gasteiger partial charge < -0.3 is 4.74 Å². The molecule has 1 heteroatoms. The Hall–Kier alpha value is -0.820. The fourth-order valence-electron chi connectivity index (χ4n) is 3.02. The first-order valence-electron chi connectivity index (χ1n) is 5.46. The minimum atomic E-state index is 0.130. The Balaban J connectivity index is 2.22. The van der Waals surface area contributed by atoms with E-state index in [0.717, 1.165) is 6.61 Å². The van der Waals surface area contributed by atoms with Gasteiger partial charge in [-0.15, -0.1) is 0 Å². The van der Waals surface area contributed by atoms with Gasteiger partial charge in [-0.3, -0.25) is 0 Å². The number of ether oxygens (including phenoxy) is 1. The summed E-state index contributed by atoms with van der Waals surface area (Å²) in [4.78, 5) is 0. The van der Waals surface area contributed by atoms with E-state index in [4.69, 9.17) is 4.74 Å². The lowest BCUT2D eigenvalue weighted by atomic mass is 9.85. The van der Waals surface area contributed by atoms with Gasteiger partial charge in [0.15, 0.2) is 0 Å². The predicted octanol–water partition coefficient (Wildman–Crippen LogP) is 2.87. The van der Waals surface area contributed by atoms with Crippen molar-refractivity contribution in [1.29, 1.82) is 0 Å². The SMILES string of the molecule is Cc1ccc(C)c2c1CCC21CCO1. The van der Waals surface area contributed by atoms with Crippen LogP contribution in [0.4, 0.5) is 0 Å². The van der Waals surface area contributed by atoms with E-state index in [1.165, 1.54) is 36.0 Å². The Bertz CT molecular complexity index is 388. The quantitative estimate of drug-likeness (QED) is 0.608. The van der Waals surface area contributed by atoms with E-state index in [-0.39, 0.29) is 5.60 Å². The lowest BCUT2D eigenvalue weighted by molar-refractivity contribution is -0.152. The highest BCUT2D eigenvalue weighted by molar-refractivity contribution is 5.48. The lowest BCUT2D eigenvalue weighted by Crippen LogP contribution is -2.39. The van der Waals surface area contributed by atoms with Gasteiger partial charge in [-0.05, 0) is 48.9 Å². The summed E-state index contributed by atoms with van der Waals surface area (Å²) in [6, 6.07) is 4.48. The summed E-state index contributed by atoms with van der Waals surface area (Å²) in [6.45, 7) is 5.38. The molecule has 1 spiro atoms. The highest BCUT2D eigenvalue weighted by Crippen LogP contribution is 2.49. The van der Waals surface area contributed by atoms with Crippen LogP contribution in [0.2, 0.25) is 0 Å². The van der Waals surface area contributed by atoms with Crippen molar-refractivity contribution >= 4 is 0 Å². The third-order valence-corrected chi connectivity index (χ3v) is 3.87. The number of hydrogen-bond acceptors (Lipinski definition) is 1. The van der Waals surface area contributed by atoms with E-state index in [0.29, 0.717) is 0 Å². The second kappa shape index (κ2) is 2.60. The third-order valence-electron chi connectivity index (χ3n) is 3.87. The Kier molecular flexibility index (Phi) is 1.58. The summed E-state index contributed by atoms with van der Waals surface area (Å²) in [5, 5.41) is 0. The normalized spacial score (nSPS) is 29.0. The lowest BCUT2D eigenvalue weighted by Gasteiger charge is -2.40. The standard InChI is InChI=1S/C13H16O/c1-9-3-4-10(2)12-11(9)5-6-13(12)7-8-14-13/h3-4H,5-8H2,1-2H3. The van der Waals surface area contributed by atoms with E-state index in [1.807, 2.05) is 0 Å². The summed E-state index contributed by atoms with van der Waals surface area (Å²) in [7, 11) is 0. The second-order valence-electron chi connectivity index (χ2n) is 4.65. The number of aryl methyl sites for hydroxylation is 2. The maximum atomic E-state index is 5.84. The maximum Gasteiger partial charge on any atom is 0.0961 e. The van der Waals surface area contributed by atoms with E-state index in [1.54, 1.807) is 5.56 Å². The molecule has 1 aromatic carbocycles. The molecule has 1 fully saturated rings. The molecule has 1 aliphatic heterocycles. The summed E-state index contributed by atoms with van der Waals surface area (Å²) in [6.07, 6.45) is 3.64. The highest BCUT2D eigenvalue weighted by Gasteiger charge is 2.46. The average molecular weight is 188 g/mol. The molecule has 0 bridgehead atoms. The molecule has 74 valence electrons. The Morgan fingerprint density at radius 2 is 1.86 bits per heavy atom. The highest BCUT2D eigenvalue weighted by atomic mass is 16.5. The molecule has 1 saturated heterocycles. The Morgan fingerprint density at radius 1 is 1.14 bits per heavy atom. The van der Waals surface area contributed by atoms with E-state index in [2.05, 4.69) is 26.0 Å². The Morgan fingerprint density at radius 3 is 2.50 bits per heavy atom. The minimum Gasteiger partial charge on any atom is -0.370 e. The van der Waals surface area contributed by atoms with Crippen LogP contribution in [0.25, 0.3) is 0 Å². The van der Waals surface area contributed by atoms with Gasteiger partial charge in [-0.25, -0.2) is 0 Å². The average Bonchev–Trinajstić information content (AvgIpc) is 2.51. The molecule has 0 radical (unpaired) electrons. The van der Waals surface area contributed by atoms with Crippen molar-refractivity contribution in [2.75, 3.05) is 6.61 Å². The molecule has 2 aliphatic rings. The van der Waals surface area contributed by atoms with Crippen LogP contribution in [0.15, 0.2) is 12.1 Å². The van der Waals surface area contributed by atoms with Crippen LogP contribution < -0.4 is 0 Å². The second-order valence-corrected chi connectivity index (χ2v) is 4.65. The molecule has 1 unspecified atom stereocenters. The van der Waals surface area contributed by atoms with Crippen LogP contribution in [-0.4, -0.2) is 6.61 Å². The largest absolute Gasteiger partial charge is 0.370 e. The zero-order chi connectivity index (χ0) is 9.76. The summed E-state index contributed by atoms with van der Waals surface area (Å²) < 4.78 is 5.84. The molecule has 1 atom stereocenters. The number of fused-ring (bicyclic) bond motifs is 2. The van der Waals surface area contributed by atoms with Crippen molar-refractivity contribution in [3.63, 3.8) is 0 Å². The van der Waals surface area contributed by atoms with Crippen molar-refractivity contribution in [2.24, 2.45) is 0 Å². The molecule has 0 saturated carbocycles. The number of benzene rings is 1. The molecule has 1 nitrogen and oxygen atoms in total. The fraction of sp³-hybridized carbons (Fsp3) is 0.538. The first-order valence-corrected chi connectivity index (χ1v) is 5.46. The van der Waals surface area contributed by atoms with Gasteiger partial charge in [-0.2, -0.15) is 0 Å². The fourth-order valence-corrected chi connectivity index (χ4v) is 3.02. The van der Waals surface area contributed by atoms with Crippen LogP contribution in [0.3, 0.4) is 0 Å². The molecule has 0 amide bonds. The van der Waals surface area contributed by atoms with Crippen molar-refractivity contribution < 1.29 is 4.74 Å². The van der Waals surface area contributed by atoms with Crippen LogP contribution in [0.5, 0.6) is 0 Å². The van der Waals surface area contributed by atoms with Gasteiger partial charge >= 0.3 is 0 Å². The van der Waals surface area contributed by atoms with Crippen LogP contribution in [0, 0.1) is 13.8 Å². The van der Waals surface area contributed by atoms with E-state index < -0.39 is 0 Å². The zero-order valence-corrected chi connectivity index (χ0v) is 8.89. The van der Waals surface area contributed by atoms with Crippen molar-refractivity contribution in [3.8, 4) is 0 Å². The third kappa shape index (κ3) is 0.885. The molecular weight excluding hydrogens is 172 g/mol. The topological polar surface area (TPSA) is 9.23 Å². The summed E-state index contributed by atoms with van der Waals surface area (Å²) >= 11 is 0. The number of hydrogen-bond donors (Lipinski definition) is 0. The first kappa shape index (κ1) is 8.49. The van der Waals surface area contributed by atoms with Gasteiger partial charge in [0, 0.05) is 6.42 Å². The van der Waals surface area contributed by atoms with Gasteiger partial charge in [0.1, 0.15) is 0 Å². The molecule has 1 aliphatic carbocycles. The molecular formula is C13H16O. The molecule has 1 aromatic rings. The van der Waals surface area contributed by atoms with Gasteiger partial charge in [-0.1, -0.05) is 12.1 Å². The molecule has 3 rings (SSSR count). The van der Waals surface area contributed by atoms with Crippen LogP contribution >= 0.6 is 0 Å². The summed E-state index contributed by atoms with van der Waals surface area (Å²) in [5.41, 5.74) is 6.07. The maximum absolute atomic E-state index is 5.84. The van der Waals surface area contributed by atoms with Crippen molar-refractivity contribution in [3.05, 3.63) is 34.4 Å². The van der Waals surface area contributed by atoms with Gasteiger partial charge in [0.2, 0.25) is 0 Å². The zero-order valence-electron chi connectivity index (χ0n) is 8.89. The van der Waals surface area contributed by atoms with Crippen molar-refractivity contribution in [2.45, 2.75) is 38.7 Å². The Labute approximate surface area is 85.1 Å². The first-order chi connectivity index (χ1) is 6.73. The molecule has 14 heavy (non-hydrogen) atoms.